The summed E-state index contributed by atoms with van der Waals surface area (Å²) < 4.78 is 6.83. The first-order chi connectivity index (χ1) is 20.1. The molecule has 0 saturated heterocycles. The first-order valence-electron chi connectivity index (χ1n) is 14.3. The van der Waals surface area contributed by atoms with Crippen molar-refractivity contribution in [2.45, 2.75) is 60.5 Å². The van der Waals surface area contributed by atoms with Gasteiger partial charge in [0.25, 0.3) is 11.6 Å². The second-order valence-corrected chi connectivity index (χ2v) is 12.1. The Kier molecular flexibility index (Phi) is 10.2. The number of carbonyl (C=O) groups is 3. The van der Waals surface area contributed by atoms with Gasteiger partial charge in [-0.15, -0.1) is 0 Å². The molecular formula is C33H42N4O6. The van der Waals surface area contributed by atoms with E-state index in [9.17, 15) is 24.5 Å². The Morgan fingerprint density at radius 1 is 1.12 bits per heavy atom. The smallest absolute Gasteiger partial charge is 0.333 e. The number of non-ortho nitro benzene ring substituents is 1. The lowest BCUT2D eigenvalue weighted by molar-refractivity contribution is -0.384. The van der Waals surface area contributed by atoms with Gasteiger partial charge in [-0.3, -0.25) is 19.7 Å². The van der Waals surface area contributed by atoms with Crippen LogP contribution in [0.25, 0.3) is 22.0 Å². The third-order valence-corrected chi connectivity index (χ3v) is 7.56. The Hall–Kier alpha value is -4.47. The molecule has 0 aliphatic carbocycles. The number of benzene rings is 2. The summed E-state index contributed by atoms with van der Waals surface area (Å²) in [5.74, 6) is -1.28. The highest BCUT2D eigenvalue weighted by molar-refractivity contribution is 6.11. The van der Waals surface area contributed by atoms with Crippen molar-refractivity contribution < 1.29 is 24.0 Å². The lowest BCUT2D eigenvalue weighted by Gasteiger charge is -2.37. The van der Waals surface area contributed by atoms with Crippen LogP contribution in [0.4, 0.5) is 5.69 Å². The molecule has 10 nitrogen and oxygen atoms in total. The van der Waals surface area contributed by atoms with E-state index in [1.54, 1.807) is 49.6 Å². The number of esters is 1. The highest BCUT2D eigenvalue weighted by Gasteiger charge is 2.38. The Morgan fingerprint density at radius 3 is 2.28 bits per heavy atom. The molecule has 2 aromatic carbocycles. The molecule has 1 unspecified atom stereocenters. The number of nitrogens with zero attached hydrogens (tertiary/aromatic N) is 3. The lowest BCUT2D eigenvalue weighted by atomic mass is 9.85. The maximum Gasteiger partial charge on any atom is 0.333 e. The molecule has 10 heteroatoms. The van der Waals surface area contributed by atoms with Gasteiger partial charge in [-0.25, -0.2) is 4.79 Å². The van der Waals surface area contributed by atoms with Gasteiger partial charge >= 0.3 is 5.97 Å². The first-order valence-corrected chi connectivity index (χ1v) is 14.3. The largest absolute Gasteiger partial charge is 0.463 e. The second-order valence-electron chi connectivity index (χ2n) is 12.1. The van der Waals surface area contributed by atoms with Crippen molar-refractivity contribution in [3.63, 3.8) is 0 Å². The molecular weight excluding hydrogens is 548 g/mol. The van der Waals surface area contributed by atoms with Crippen LogP contribution in [-0.2, 0) is 21.4 Å². The zero-order valence-corrected chi connectivity index (χ0v) is 26.4. The molecule has 2 amide bonds. The number of nitro benzene ring substituents is 1. The van der Waals surface area contributed by atoms with Gasteiger partial charge in [0, 0.05) is 48.3 Å². The van der Waals surface area contributed by atoms with Crippen LogP contribution in [0, 0.1) is 21.4 Å². The molecule has 43 heavy (non-hydrogen) atoms. The number of fused-ring (bicyclic) bond motifs is 1. The fourth-order valence-corrected chi connectivity index (χ4v) is 5.23. The van der Waals surface area contributed by atoms with Gasteiger partial charge in [0.05, 0.1) is 17.6 Å². The SMILES string of the molecule is CCOC(=O)/C(C)=C/[C@H](C(C)C)N(C)C(=O)C(NC(=O)c1c(-c2ccccc2)c2cc([N+](=O)[O-])ccc2n1C)C(C)(C)C. The topological polar surface area (TPSA) is 124 Å². The summed E-state index contributed by atoms with van der Waals surface area (Å²) in [6, 6.07) is 12.4. The number of amides is 2. The Labute approximate surface area is 252 Å². The normalized spacial score (nSPS) is 13.5. The van der Waals surface area contributed by atoms with E-state index in [1.165, 1.54) is 12.1 Å². The Bertz CT molecular complexity index is 1550. The van der Waals surface area contributed by atoms with E-state index in [0.717, 1.165) is 0 Å². The number of rotatable bonds is 10. The summed E-state index contributed by atoms with van der Waals surface area (Å²) in [5.41, 5.74) is 1.81. The van der Waals surface area contributed by atoms with Gasteiger partial charge in [0.15, 0.2) is 0 Å². The molecule has 230 valence electrons. The van der Waals surface area contributed by atoms with Crippen LogP contribution in [0.1, 0.15) is 59.0 Å². The number of ether oxygens (including phenoxy) is 1. The van der Waals surface area contributed by atoms with Crippen LogP contribution in [0.2, 0.25) is 0 Å². The average Bonchev–Trinajstić information content (AvgIpc) is 3.24. The van der Waals surface area contributed by atoms with E-state index < -0.39 is 34.3 Å². The Balaban J connectivity index is 2.10. The second kappa shape index (κ2) is 13.2. The molecule has 0 aliphatic rings. The van der Waals surface area contributed by atoms with Crippen molar-refractivity contribution >= 4 is 34.4 Å². The summed E-state index contributed by atoms with van der Waals surface area (Å²) in [6.07, 6.45) is 1.73. The molecule has 2 atom stereocenters. The quantitative estimate of drug-likeness (QED) is 0.136. The number of aryl methyl sites for hydroxylation is 1. The van der Waals surface area contributed by atoms with Crippen LogP contribution < -0.4 is 5.32 Å². The minimum atomic E-state index is -0.932. The van der Waals surface area contributed by atoms with Crippen molar-refractivity contribution in [3.05, 3.63) is 76.0 Å². The number of hydrogen-bond donors (Lipinski definition) is 1. The lowest BCUT2D eigenvalue weighted by Crippen LogP contribution is -2.56. The van der Waals surface area contributed by atoms with E-state index >= 15 is 0 Å². The van der Waals surface area contributed by atoms with E-state index in [-0.39, 0.29) is 29.8 Å². The zero-order valence-electron chi connectivity index (χ0n) is 26.4. The van der Waals surface area contributed by atoms with E-state index in [2.05, 4.69) is 5.32 Å². The molecule has 0 saturated carbocycles. The molecule has 1 N–H and O–H groups in total. The van der Waals surface area contributed by atoms with E-state index in [1.807, 2.05) is 65.0 Å². The molecule has 0 spiro atoms. The number of nitrogens with one attached hydrogen (secondary N) is 1. The van der Waals surface area contributed by atoms with E-state index in [4.69, 9.17) is 4.74 Å². The molecule has 0 bridgehead atoms. The monoisotopic (exact) mass is 590 g/mol. The molecule has 0 aliphatic heterocycles. The molecule has 1 heterocycles. The van der Waals surface area contributed by atoms with Crippen LogP contribution in [0.3, 0.4) is 0 Å². The van der Waals surface area contributed by atoms with Crippen molar-refractivity contribution in [1.29, 1.82) is 0 Å². The van der Waals surface area contributed by atoms with Gasteiger partial charge < -0.3 is 19.5 Å². The highest BCUT2D eigenvalue weighted by atomic mass is 16.6. The highest BCUT2D eigenvalue weighted by Crippen LogP contribution is 2.37. The zero-order chi connectivity index (χ0) is 32.2. The minimum Gasteiger partial charge on any atom is -0.463 e. The molecule has 1 aromatic heterocycles. The van der Waals surface area contributed by atoms with Crippen LogP contribution in [0.15, 0.2) is 60.2 Å². The standard InChI is InChI=1S/C33H42N4O6/c1-10-43-32(40)21(4)18-26(20(2)3)36(9)31(39)29(33(5,6)7)34-30(38)28-27(22-14-12-11-13-15-22)24-19-23(37(41)42)16-17-25(24)35(28)8/h11-20,26,29H,10H2,1-9H3,(H,34,38)/b21-18+/t26-,29?/m1/s1. The number of nitro groups is 1. The van der Waals surface area contributed by atoms with Crippen LogP contribution >= 0.6 is 0 Å². The van der Waals surface area contributed by atoms with Crippen molar-refractivity contribution in [3.8, 4) is 11.1 Å². The predicted octanol–water partition coefficient (Wildman–Crippen LogP) is 5.89. The van der Waals surface area contributed by atoms with Gasteiger partial charge in [-0.2, -0.15) is 0 Å². The van der Waals surface area contributed by atoms with E-state index in [0.29, 0.717) is 27.6 Å². The predicted molar refractivity (Wildman–Crippen MR) is 168 cm³/mol. The van der Waals surface area contributed by atoms with Crippen LogP contribution in [0.5, 0.6) is 0 Å². The molecule has 0 radical (unpaired) electrons. The summed E-state index contributed by atoms with van der Waals surface area (Å²) >= 11 is 0. The van der Waals surface area contributed by atoms with Crippen molar-refractivity contribution in [1.82, 2.24) is 14.8 Å². The number of likely N-dealkylation sites (N-methyl/N-ethyl adjacent to an activating group) is 1. The van der Waals surface area contributed by atoms with Crippen molar-refractivity contribution in [2.24, 2.45) is 18.4 Å². The maximum absolute atomic E-state index is 14.2. The van der Waals surface area contributed by atoms with Gasteiger partial charge in [-0.1, -0.05) is 71.0 Å². The Morgan fingerprint density at radius 2 is 1.74 bits per heavy atom. The third kappa shape index (κ3) is 7.13. The molecule has 3 aromatic rings. The fourth-order valence-electron chi connectivity index (χ4n) is 5.23. The number of aromatic nitrogens is 1. The average molecular weight is 591 g/mol. The van der Waals surface area contributed by atoms with Crippen LogP contribution in [-0.4, -0.2) is 57.9 Å². The maximum atomic E-state index is 14.2. The van der Waals surface area contributed by atoms with Gasteiger partial charge in [0.1, 0.15) is 11.7 Å². The van der Waals surface area contributed by atoms with Gasteiger partial charge in [0.2, 0.25) is 5.91 Å². The minimum absolute atomic E-state index is 0.0340. The molecule has 0 fully saturated rings. The summed E-state index contributed by atoms with van der Waals surface area (Å²) in [5, 5.41) is 15.2. The molecule has 3 rings (SSSR count). The van der Waals surface area contributed by atoms with Gasteiger partial charge in [-0.05, 0) is 36.8 Å². The first kappa shape index (κ1) is 33.0. The summed E-state index contributed by atoms with van der Waals surface area (Å²) in [6.45, 7) is 13.2. The fraction of sp³-hybridized carbons (Fsp3) is 0.424. The third-order valence-electron chi connectivity index (χ3n) is 7.56. The number of hydrogen-bond acceptors (Lipinski definition) is 6. The number of carbonyl (C=O) groups excluding carboxylic acids is 3. The summed E-state index contributed by atoms with van der Waals surface area (Å²) in [7, 11) is 3.39. The van der Waals surface area contributed by atoms with Crippen molar-refractivity contribution in [2.75, 3.05) is 13.7 Å². The summed E-state index contributed by atoms with van der Waals surface area (Å²) in [4.78, 5) is 53.3.